The molecule has 0 fully saturated rings. The summed E-state index contributed by atoms with van der Waals surface area (Å²) in [5.74, 6) is 0.730. The van der Waals surface area contributed by atoms with Gasteiger partial charge in [0.15, 0.2) is 0 Å². The molecular formula is C16H33N. The van der Waals surface area contributed by atoms with Gasteiger partial charge in [-0.3, -0.25) is 0 Å². The summed E-state index contributed by atoms with van der Waals surface area (Å²) in [7, 11) is 0. The molecule has 1 unspecified atom stereocenters. The molecule has 1 N–H and O–H groups in total. The van der Waals surface area contributed by atoms with Gasteiger partial charge in [-0.15, -0.1) is 0 Å². The van der Waals surface area contributed by atoms with Crippen molar-refractivity contribution in [2.75, 3.05) is 6.54 Å². The third kappa shape index (κ3) is 12.0. The number of rotatable bonds is 11. The van der Waals surface area contributed by atoms with Crippen molar-refractivity contribution in [1.82, 2.24) is 5.32 Å². The van der Waals surface area contributed by atoms with Crippen LogP contribution in [-0.2, 0) is 0 Å². The fourth-order valence-corrected chi connectivity index (χ4v) is 2.12. The maximum Gasteiger partial charge on any atom is 0.0164 e. The van der Waals surface area contributed by atoms with Gasteiger partial charge < -0.3 is 5.32 Å². The molecule has 1 nitrogen and oxygen atoms in total. The second-order valence-electron chi connectivity index (χ2n) is 5.83. The summed E-state index contributed by atoms with van der Waals surface area (Å²) < 4.78 is 0. The van der Waals surface area contributed by atoms with Crippen LogP contribution in [0, 0.1) is 5.92 Å². The smallest absolute Gasteiger partial charge is 0.0164 e. The highest BCUT2D eigenvalue weighted by Gasteiger charge is 2.03. The lowest BCUT2D eigenvalue weighted by Crippen LogP contribution is -2.28. The van der Waals surface area contributed by atoms with Crippen molar-refractivity contribution in [2.24, 2.45) is 5.92 Å². The van der Waals surface area contributed by atoms with E-state index in [1.165, 1.54) is 44.1 Å². The Bertz CT molecular complexity index is 184. The summed E-state index contributed by atoms with van der Waals surface area (Å²) in [6.45, 7) is 14.2. The number of hydrogen-bond acceptors (Lipinski definition) is 1. The minimum Gasteiger partial charge on any atom is -0.311 e. The molecular weight excluding hydrogens is 206 g/mol. The molecule has 0 spiro atoms. The van der Waals surface area contributed by atoms with Crippen LogP contribution in [0.2, 0.25) is 0 Å². The fraction of sp³-hybridized carbons (Fsp3) is 0.875. The zero-order chi connectivity index (χ0) is 13.1. The number of unbranched alkanes of at least 4 members (excludes halogenated alkanes) is 4. The predicted molar refractivity (Wildman–Crippen MR) is 79.4 cm³/mol. The van der Waals surface area contributed by atoms with Crippen LogP contribution in [0.5, 0.6) is 0 Å². The largest absolute Gasteiger partial charge is 0.311 e. The molecule has 1 atom stereocenters. The predicted octanol–water partition coefficient (Wildman–Crippen LogP) is 4.93. The molecule has 0 rings (SSSR count). The second-order valence-corrected chi connectivity index (χ2v) is 5.83. The van der Waals surface area contributed by atoms with Gasteiger partial charge >= 0.3 is 0 Å². The first-order valence-electron chi connectivity index (χ1n) is 7.46. The van der Waals surface area contributed by atoms with E-state index < -0.39 is 0 Å². The molecule has 0 saturated heterocycles. The van der Waals surface area contributed by atoms with E-state index in [2.05, 4.69) is 39.6 Å². The molecule has 0 amide bonds. The Morgan fingerprint density at radius 3 is 2.29 bits per heavy atom. The third-order valence-electron chi connectivity index (χ3n) is 3.14. The zero-order valence-corrected chi connectivity index (χ0v) is 12.5. The lowest BCUT2D eigenvalue weighted by Gasteiger charge is -2.15. The van der Waals surface area contributed by atoms with Gasteiger partial charge in [-0.25, -0.2) is 0 Å². The Hall–Kier alpha value is -0.300. The topological polar surface area (TPSA) is 12.0 Å². The van der Waals surface area contributed by atoms with Crippen LogP contribution >= 0.6 is 0 Å². The minimum absolute atomic E-state index is 0.639. The molecule has 102 valence electrons. The minimum atomic E-state index is 0.639. The van der Waals surface area contributed by atoms with Crippen LogP contribution in [-0.4, -0.2) is 12.6 Å². The van der Waals surface area contributed by atoms with Gasteiger partial charge in [-0.05, 0) is 25.7 Å². The van der Waals surface area contributed by atoms with E-state index in [0.717, 1.165) is 18.9 Å². The molecule has 0 bridgehead atoms. The fourth-order valence-electron chi connectivity index (χ4n) is 2.12. The first-order valence-corrected chi connectivity index (χ1v) is 7.46. The van der Waals surface area contributed by atoms with Gasteiger partial charge in [0.1, 0.15) is 0 Å². The summed E-state index contributed by atoms with van der Waals surface area (Å²) in [4.78, 5) is 0. The first-order chi connectivity index (χ1) is 8.06. The Morgan fingerprint density at radius 1 is 1.06 bits per heavy atom. The highest BCUT2D eigenvalue weighted by molar-refractivity contribution is 4.97. The van der Waals surface area contributed by atoms with Crippen molar-refractivity contribution >= 4 is 0 Å². The van der Waals surface area contributed by atoms with Crippen molar-refractivity contribution in [3.63, 3.8) is 0 Å². The lowest BCUT2D eigenvalue weighted by molar-refractivity contribution is 0.488. The van der Waals surface area contributed by atoms with Crippen LogP contribution in [0.3, 0.4) is 0 Å². The first kappa shape index (κ1) is 16.7. The van der Waals surface area contributed by atoms with E-state index >= 15 is 0 Å². The van der Waals surface area contributed by atoms with Crippen LogP contribution in [0.15, 0.2) is 12.2 Å². The van der Waals surface area contributed by atoms with Crippen molar-refractivity contribution < 1.29 is 0 Å². The molecule has 0 aliphatic carbocycles. The van der Waals surface area contributed by atoms with Crippen LogP contribution in [0.25, 0.3) is 0 Å². The Balaban J connectivity index is 3.39. The van der Waals surface area contributed by atoms with Crippen LogP contribution in [0.4, 0.5) is 0 Å². The number of hydrogen-bond donors (Lipinski definition) is 1. The maximum atomic E-state index is 4.13. The summed E-state index contributed by atoms with van der Waals surface area (Å²) in [5, 5.41) is 3.58. The average molecular weight is 239 g/mol. The highest BCUT2D eigenvalue weighted by Crippen LogP contribution is 2.09. The summed E-state index contributed by atoms with van der Waals surface area (Å²) in [5.41, 5.74) is 1.35. The van der Waals surface area contributed by atoms with E-state index in [4.69, 9.17) is 0 Å². The van der Waals surface area contributed by atoms with E-state index in [9.17, 15) is 0 Å². The summed E-state index contributed by atoms with van der Waals surface area (Å²) in [6, 6.07) is 0.639. The lowest BCUT2D eigenvalue weighted by atomic mass is 10.0. The van der Waals surface area contributed by atoms with Gasteiger partial charge in [0, 0.05) is 12.6 Å². The Labute approximate surface area is 109 Å². The number of nitrogens with one attached hydrogen (secondary N) is 1. The van der Waals surface area contributed by atoms with E-state index in [1.54, 1.807) is 0 Å². The van der Waals surface area contributed by atoms with Gasteiger partial charge in [-0.1, -0.05) is 65.0 Å². The van der Waals surface area contributed by atoms with E-state index in [-0.39, 0.29) is 0 Å². The third-order valence-corrected chi connectivity index (χ3v) is 3.14. The van der Waals surface area contributed by atoms with Gasteiger partial charge in [0.05, 0.1) is 0 Å². The van der Waals surface area contributed by atoms with Crippen LogP contribution < -0.4 is 5.32 Å². The molecule has 0 aliphatic rings. The zero-order valence-electron chi connectivity index (χ0n) is 12.5. The van der Waals surface area contributed by atoms with E-state index in [0.29, 0.717) is 6.04 Å². The molecule has 0 saturated carbocycles. The molecule has 0 aromatic carbocycles. The molecule has 0 heterocycles. The normalized spacial score (nSPS) is 13.0. The van der Waals surface area contributed by atoms with Crippen molar-refractivity contribution in [1.29, 1.82) is 0 Å². The monoisotopic (exact) mass is 239 g/mol. The SMILES string of the molecule is C=C(CNC(C)CCCCCCC)CC(C)C. The molecule has 17 heavy (non-hydrogen) atoms. The van der Waals surface area contributed by atoms with Crippen molar-refractivity contribution in [3.05, 3.63) is 12.2 Å². The van der Waals surface area contributed by atoms with Crippen molar-refractivity contribution in [2.45, 2.75) is 78.7 Å². The molecule has 0 aliphatic heterocycles. The Kier molecular flexibility index (Phi) is 10.6. The summed E-state index contributed by atoms with van der Waals surface area (Å²) >= 11 is 0. The van der Waals surface area contributed by atoms with Crippen LogP contribution in [0.1, 0.15) is 72.6 Å². The highest BCUT2D eigenvalue weighted by atomic mass is 14.9. The maximum absolute atomic E-state index is 4.13. The standard InChI is InChI=1S/C16H33N/c1-6-7-8-9-10-11-16(5)17-13-15(4)12-14(2)3/h14,16-17H,4,6-13H2,1-3,5H3. The Morgan fingerprint density at radius 2 is 1.71 bits per heavy atom. The van der Waals surface area contributed by atoms with Gasteiger partial charge in [0.25, 0.3) is 0 Å². The van der Waals surface area contributed by atoms with E-state index in [1.807, 2.05) is 0 Å². The van der Waals surface area contributed by atoms with Gasteiger partial charge in [0.2, 0.25) is 0 Å². The molecule has 1 heteroatoms. The second kappa shape index (κ2) is 10.8. The average Bonchev–Trinajstić information content (AvgIpc) is 2.25. The molecule has 0 aromatic heterocycles. The quantitative estimate of drug-likeness (QED) is 0.398. The van der Waals surface area contributed by atoms with Gasteiger partial charge in [-0.2, -0.15) is 0 Å². The summed E-state index contributed by atoms with van der Waals surface area (Å²) in [6.07, 6.45) is 9.35. The van der Waals surface area contributed by atoms with Crippen molar-refractivity contribution in [3.8, 4) is 0 Å². The molecule has 0 radical (unpaired) electrons. The molecule has 0 aromatic rings.